The van der Waals surface area contributed by atoms with Gasteiger partial charge in [-0.25, -0.2) is 17.9 Å². The lowest BCUT2D eigenvalue weighted by Crippen LogP contribution is -2.30. The number of nitrogens with one attached hydrogen (secondary N) is 3. The average Bonchev–Trinajstić information content (AvgIpc) is 2.62. The zero-order valence-electron chi connectivity index (χ0n) is 14.3. The summed E-state index contributed by atoms with van der Waals surface area (Å²) >= 11 is 0. The van der Waals surface area contributed by atoms with Gasteiger partial charge in [0.15, 0.2) is 0 Å². The molecule has 0 saturated heterocycles. The molecular formula is C18H22N4O3S. The van der Waals surface area contributed by atoms with Crippen LogP contribution in [0, 0.1) is 0 Å². The molecule has 0 fully saturated rings. The van der Waals surface area contributed by atoms with E-state index in [1.807, 2.05) is 18.2 Å². The summed E-state index contributed by atoms with van der Waals surface area (Å²) in [6.45, 7) is 4.13. The molecule has 0 saturated carbocycles. The molecule has 1 heterocycles. The summed E-state index contributed by atoms with van der Waals surface area (Å²) < 4.78 is 26.0. The van der Waals surface area contributed by atoms with Crippen LogP contribution in [0.15, 0.2) is 61.3 Å². The Morgan fingerprint density at radius 2 is 1.92 bits per heavy atom. The van der Waals surface area contributed by atoms with Crippen molar-refractivity contribution in [1.82, 2.24) is 15.0 Å². The van der Waals surface area contributed by atoms with E-state index in [9.17, 15) is 13.2 Å². The lowest BCUT2D eigenvalue weighted by molar-refractivity contribution is 0.252. The summed E-state index contributed by atoms with van der Waals surface area (Å²) in [5.41, 5.74) is 2.12. The van der Waals surface area contributed by atoms with Crippen LogP contribution < -0.4 is 15.4 Å². The van der Waals surface area contributed by atoms with E-state index in [-0.39, 0.29) is 18.3 Å². The van der Waals surface area contributed by atoms with Gasteiger partial charge in [0.1, 0.15) is 0 Å². The fourth-order valence-electron chi connectivity index (χ4n) is 2.17. The number of benzene rings is 1. The Bertz CT molecular complexity index is 821. The minimum Gasteiger partial charge on any atom is -0.337 e. The second kappa shape index (κ2) is 9.69. The van der Waals surface area contributed by atoms with E-state index in [1.165, 1.54) is 6.08 Å². The van der Waals surface area contributed by atoms with E-state index in [2.05, 4.69) is 26.9 Å². The topological polar surface area (TPSA) is 100 Å². The van der Waals surface area contributed by atoms with Gasteiger partial charge in [0.2, 0.25) is 10.0 Å². The molecule has 0 radical (unpaired) electrons. The number of aromatic nitrogens is 1. The van der Waals surface area contributed by atoms with Crippen molar-refractivity contribution in [3.8, 4) is 0 Å². The van der Waals surface area contributed by atoms with Crippen molar-refractivity contribution in [2.75, 3.05) is 18.4 Å². The maximum absolute atomic E-state index is 11.9. The van der Waals surface area contributed by atoms with Gasteiger partial charge in [-0.2, -0.15) is 0 Å². The van der Waals surface area contributed by atoms with E-state index in [1.54, 1.807) is 30.5 Å². The Morgan fingerprint density at radius 1 is 1.15 bits per heavy atom. The van der Waals surface area contributed by atoms with Crippen LogP contribution in [0.2, 0.25) is 0 Å². The van der Waals surface area contributed by atoms with Gasteiger partial charge >= 0.3 is 6.03 Å². The Hall–Kier alpha value is -2.71. The van der Waals surface area contributed by atoms with Gasteiger partial charge in [0.05, 0.1) is 5.75 Å². The normalized spacial score (nSPS) is 10.9. The van der Waals surface area contributed by atoms with Gasteiger partial charge in [-0.1, -0.05) is 24.3 Å². The van der Waals surface area contributed by atoms with Crippen LogP contribution in [0.5, 0.6) is 0 Å². The first-order chi connectivity index (χ1) is 12.5. The van der Waals surface area contributed by atoms with Crippen molar-refractivity contribution in [1.29, 1.82) is 0 Å². The third kappa shape index (κ3) is 7.04. The summed E-state index contributed by atoms with van der Waals surface area (Å²) in [5.74, 6) is -0.128. The van der Waals surface area contributed by atoms with Crippen LogP contribution >= 0.6 is 0 Å². The predicted octanol–water partition coefficient (Wildman–Crippen LogP) is 2.05. The number of nitrogens with zero attached hydrogens (tertiary/aromatic N) is 1. The van der Waals surface area contributed by atoms with Crippen molar-refractivity contribution in [3.05, 3.63) is 72.6 Å². The highest BCUT2D eigenvalue weighted by molar-refractivity contribution is 7.88. The molecule has 1 aromatic heterocycles. The molecule has 3 N–H and O–H groups in total. The zero-order chi connectivity index (χ0) is 18.8. The van der Waals surface area contributed by atoms with Crippen LogP contribution in [-0.4, -0.2) is 32.5 Å². The molecule has 0 unspecified atom stereocenters. The van der Waals surface area contributed by atoms with E-state index in [0.29, 0.717) is 24.2 Å². The van der Waals surface area contributed by atoms with E-state index in [0.717, 1.165) is 5.69 Å². The molecule has 0 bridgehead atoms. The molecule has 2 amide bonds. The first-order valence-electron chi connectivity index (χ1n) is 8.10. The number of amides is 2. The number of sulfonamides is 1. The van der Waals surface area contributed by atoms with Crippen molar-refractivity contribution in [2.24, 2.45) is 0 Å². The number of urea groups is 1. The first kappa shape index (κ1) is 19.6. The molecule has 138 valence electrons. The monoisotopic (exact) mass is 374 g/mol. The van der Waals surface area contributed by atoms with Crippen molar-refractivity contribution in [2.45, 2.75) is 12.2 Å². The third-order valence-electron chi connectivity index (χ3n) is 3.41. The first-order valence-corrected chi connectivity index (χ1v) is 9.76. The minimum absolute atomic E-state index is 0.128. The fourth-order valence-corrected chi connectivity index (χ4v) is 3.27. The fraction of sp³-hybridized carbons (Fsp3) is 0.222. The lowest BCUT2D eigenvalue weighted by Gasteiger charge is -2.09. The molecular weight excluding hydrogens is 352 g/mol. The number of anilines is 1. The second-order valence-corrected chi connectivity index (χ2v) is 7.35. The van der Waals surface area contributed by atoms with Crippen molar-refractivity contribution < 1.29 is 13.2 Å². The molecule has 7 nitrogen and oxygen atoms in total. The number of hydrogen-bond acceptors (Lipinski definition) is 4. The predicted molar refractivity (Wildman–Crippen MR) is 102 cm³/mol. The maximum atomic E-state index is 11.9. The quantitative estimate of drug-likeness (QED) is 0.585. The molecule has 1 aromatic carbocycles. The van der Waals surface area contributed by atoms with Gasteiger partial charge in [-0.15, -0.1) is 6.58 Å². The number of rotatable bonds is 9. The Balaban J connectivity index is 1.79. The molecule has 0 aliphatic heterocycles. The second-order valence-electron chi connectivity index (χ2n) is 5.55. The summed E-state index contributed by atoms with van der Waals surface area (Å²) in [6.07, 6.45) is 3.84. The molecule has 2 rings (SSSR count). The highest BCUT2D eigenvalue weighted by Crippen LogP contribution is 2.11. The highest BCUT2D eigenvalue weighted by Gasteiger charge is 2.10. The largest absolute Gasteiger partial charge is 0.337 e. The van der Waals surface area contributed by atoms with Gasteiger partial charge in [-0.05, 0) is 29.8 Å². The maximum Gasteiger partial charge on any atom is 0.319 e. The van der Waals surface area contributed by atoms with E-state index >= 15 is 0 Å². The van der Waals surface area contributed by atoms with Crippen LogP contribution in [0.1, 0.15) is 11.3 Å². The molecule has 0 atom stereocenters. The minimum atomic E-state index is -3.40. The number of hydrogen-bond donors (Lipinski definition) is 3. The highest BCUT2D eigenvalue weighted by atomic mass is 32.2. The third-order valence-corrected chi connectivity index (χ3v) is 4.73. The number of carbonyl (C=O) groups is 1. The summed E-state index contributed by atoms with van der Waals surface area (Å²) in [7, 11) is -3.40. The molecule has 0 spiro atoms. The smallest absolute Gasteiger partial charge is 0.319 e. The average molecular weight is 374 g/mol. The standard InChI is InChI=1S/C18H22N4O3S/c1-2-11-21-26(24,25)14-15-6-8-17(9-7-15)22-18(23)20-13-10-16-5-3-4-12-19-16/h2-9,12,21H,1,10-11,13-14H2,(H2,20,22,23). The van der Waals surface area contributed by atoms with Crippen LogP contribution in [0.3, 0.4) is 0 Å². The molecule has 26 heavy (non-hydrogen) atoms. The van der Waals surface area contributed by atoms with Crippen LogP contribution in [0.25, 0.3) is 0 Å². The van der Waals surface area contributed by atoms with E-state index in [4.69, 9.17) is 0 Å². The van der Waals surface area contributed by atoms with E-state index < -0.39 is 10.0 Å². The summed E-state index contributed by atoms with van der Waals surface area (Å²) in [6, 6.07) is 12.0. The molecule has 0 aliphatic carbocycles. The van der Waals surface area contributed by atoms with Gasteiger partial charge < -0.3 is 10.6 Å². The number of carbonyl (C=O) groups excluding carboxylic acids is 1. The van der Waals surface area contributed by atoms with Gasteiger partial charge in [-0.3, -0.25) is 4.98 Å². The Kier molecular flexibility index (Phi) is 7.31. The number of pyridine rings is 1. The summed E-state index contributed by atoms with van der Waals surface area (Å²) in [4.78, 5) is 16.1. The van der Waals surface area contributed by atoms with Crippen LogP contribution in [-0.2, 0) is 22.2 Å². The Morgan fingerprint density at radius 3 is 2.58 bits per heavy atom. The Labute approximate surface area is 153 Å². The lowest BCUT2D eigenvalue weighted by atomic mass is 10.2. The van der Waals surface area contributed by atoms with Crippen LogP contribution in [0.4, 0.5) is 10.5 Å². The zero-order valence-corrected chi connectivity index (χ0v) is 15.1. The van der Waals surface area contributed by atoms with Gasteiger partial charge in [0, 0.05) is 37.1 Å². The van der Waals surface area contributed by atoms with Gasteiger partial charge in [0.25, 0.3) is 0 Å². The SMILES string of the molecule is C=CCNS(=O)(=O)Cc1ccc(NC(=O)NCCc2ccccn2)cc1. The summed E-state index contributed by atoms with van der Waals surface area (Å²) in [5, 5.41) is 5.45. The molecule has 8 heteroatoms. The molecule has 0 aliphatic rings. The molecule has 2 aromatic rings. The van der Waals surface area contributed by atoms with Crippen molar-refractivity contribution >= 4 is 21.7 Å². The van der Waals surface area contributed by atoms with Crippen molar-refractivity contribution in [3.63, 3.8) is 0 Å².